The first kappa shape index (κ1) is 22.2. The highest BCUT2D eigenvalue weighted by atomic mass is 19.4. The van der Waals surface area contributed by atoms with Gasteiger partial charge in [-0.05, 0) is 49.9 Å². The van der Waals surface area contributed by atoms with Crippen LogP contribution >= 0.6 is 0 Å². The maximum Gasteiger partial charge on any atom is 0.416 e. The molecule has 1 aromatic heterocycles. The number of benzene rings is 1. The smallest absolute Gasteiger partial charge is 0.348 e. The molecular weight excluding hydrogens is 395 g/mol. The Morgan fingerprint density at radius 2 is 1.77 bits per heavy atom. The molecule has 164 valence electrons. The van der Waals surface area contributed by atoms with E-state index in [4.69, 9.17) is 0 Å². The molecule has 0 saturated carbocycles. The Hall–Kier alpha value is -2.51. The number of halogens is 3. The molecule has 2 heterocycles. The Balaban J connectivity index is 1.66. The molecule has 0 atom stereocenters. The zero-order chi connectivity index (χ0) is 22.1. The van der Waals surface area contributed by atoms with Gasteiger partial charge in [0.2, 0.25) is 5.91 Å². The Morgan fingerprint density at radius 1 is 1.13 bits per heavy atom. The van der Waals surface area contributed by atoms with Crippen molar-refractivity contribution in [1.82, 2.24) is 14.8 Å². The molecule has 0 bridgehead atoms. The lowest BCUT2D eigenvalue weighted by molar-refractivity contribution is -0.138. The third kappa shape index (κ3) is 4.47. The van der Waals surface area contributed by atoms with Gasteiger partial charge in [-0.15, -0.1) is 0 Å². The normalized spacial score (nSPS) is 15.8. The SMILES string of the molecule is CCC(CC)C(=O)N1CCC(NC(=O)c2cc3cc(C(F)(F)F)ccc3n2C)CC1. The highest BCUT2D eigenvalue weighted by Gasteiger charge is 2.31. The highest BCUT2D eigenvalue weighted by Crippen LogP contribution is 2.32. The second kappa shape index (κ2) is 8.70. The van der Waals surface area contributed by atoms with Gasteiger partial charge in [-0.1, -0.05) is 13.8 Å². The first-order valence-corrected chi connectivity index (χ1v) is 10.4. The van der Waals surface area contributed by atoms with E-state index in [1.165, 1.54) is 12.1 Å². The summed E-state index contributed by atoms with van der Waals surface area (Å²) in [5.41, 5.74) is 0.153. The molecule has 1 N–H and O–H groups in total. The molecule has 0 spiro atoms. The third-order valence-corrected chi connectivity index (χ3v) is 6.08. The van der Waals surface area contributed by atoms with Crippen molar-refractivity contribution in [2.24, 2.45) is 13.0 Å². The molecule has 2 aromatic rings. The Kier molecular flexibility index (Phi) is 6.43. The molecule has 1 aliphatic rings. The number of carbonyl (C=O) groups excluding carboxylic acids is 2. The average molecular weight is 423 g/mol. The number of fused-ring (bicyclic) bond motifs is 1. The van der Waals surface area contributed by atoms with E-state index in [0.717, 1.165) is 25.0 Å². The molecule has 3 rings (SSSR count). The number of amides is 2. The fourth-order valence-electron chi connectivity index (χ4n) is 4.14. The van der Waals surface area contributed by atoms with Crippen LogP contribution < -0.4 is 5.32 Å². The molecule has 30 heavy (non-hydrogen) atoms. The van der Waals surface area contributed by atoms with E-state index >= 15 is 0 Å². The van der Waals surface area contributed by atoms with Gasteiger partial charge in [-0.2, -0.15) is 13.2 Å². The lowest BCUT2D eigenvalue weighted by Crippen LogP contribution is -2.48. The summed E-state index contributed by atoms with van der Waals surface area (Å²) in [6.45, 7) is 5.23. The van der Waals surface area contributed by atoms with E-state index in [-0.39, 0.29) is 23.8 Å². The van der Waals surface area contributed by atoms with E-state index < -0.39 is 11.7 Å². The molecule has 1 aliphatic heterocycles. The summed E-state index contributed by atoms with van der Waals surface area (Å²) in [5, 5.41) is 3.36. The summed E-state index contributed by atoms with van der Waals surface area (Å²) < 4.78 is 40.5. The second-order valence-corrected chi connectivity index (χ2v) is 7.95. The van der Waals surface area contributed by atoms with Gasteiger partial charge < -0.3 is 14.8 Å². The number of likely N-dealkylation sites (tertiary alicyclic amines) is 1. The zero-order valence-electron chi connectivity index (χ0n) is 17.6. The van der Waals surface area contributed by atoms with E-state index in [2.05, 4.69) is 5.32 Å². The Bertz CT molecular complexity index is 924. The van der Waals surface area contributed by atoms with Crippen molar-refractivity contribution in [2.45, 2.75) is 51.7 Å². The van der Waals surface area contributed by atoms with Crippen LogP contribution in [-0.2, 0) is 18.0 Å². The van der Waals surface area contributed by atoms with Crippen molar-refractivity contribution in [1.29, 1.82) is 0 Å². The van der Waals surface area contributed by atoms with Crippen molar-refractivity contribution < 1.29 is 22.8 Å². The third-order valence-electron chi connectivity index (χ3n) is 6.08. The number of nitrogens with zero attached hydrogens (tertiary/aromatic N) is 2. The fourth-order valence-corrected chi connectivity index (χ4v) is 4.14. The maximum absolute atomic E-state index is 13.0. The molecule has 2 amide bonds. The van der Waals surface area contributed by atoms with E-state index in [9.17, 15) is 22.8 Å². The number of alkyl halides is 3. The summed E-state index contributed by atoms with van der Waals surface area (Å²) in [6, 6.07) is 4.90. The first-order valence-electron chi connectivity index (χ1n) is 10.4. The van der Waals surface area contributed by atoms with E-state index in [0.29, 0.717) is 42.5 Å². The lowest BCUT2D eigenvalue weighted by atomic mass is 9.98. The summed E-state index contributed by atoms with van der Waals surface area (Å²) in [4.78, 5) is 27.1. The number of aryl methyl sites for hydroxylation is 1. The number of nitrogens with one attached hydrogen (secondary N) is 1. The van der Waals surface area contributed by atoms with Gasteiger partial charge in [0.25, 0.3) is 5.91 Å². The minimum absolute atomic E-state index is 0.0496. The van der Waals surface area contributed by atoms with Crippen LogP contribution in [0, 0.1) is 5.92 Å². The Morgan fingerprint density at radius 3 is 2.33 bits per heavy atom. The quantitative estimate of drug-likeness (QED) is 0.777. The molecule has 0 unspecified atom stereocenters. The Labute approximate surface area is 174 Å². The number of carbonyl (C=O) groups is 2. The minimum Gasteiger partial charge on any atom is -0.348 e. The van der Waals surface area contributed by atoms with Crippen LogP contribution in [0.2, 0.25) is 0 Å². The van der Waals surface area contributed by atoms with Crippen LogP contribution in [0.1, 0.15) is 55.6 Å². The fraction of sp³-hybridized carbons (Fsp3) is 0.545. The maximum atomic E-state index is 13.0. The summed E-state index contributed by atoms with van der Waals surface area (Å²) in [5.74, 6) is -0.0838. The molecule has 0 aliphatic carbocycles. The molecule has 1 aromatic carbocycles. The van der Waals surface area contributed by atoms with Crippen molar-refractivity contribution >= 4 is 22.7 Å². The predicted molar refractivity (Wildman–Crippen MR) is 109 cm³/mol. The molecule has 0 radical (unpaired) electrons. The topological polar surface area (TPSA) is 54.3 Å². The highest BCUT2D eigenvalue weighted by molar-refractivity contribution is 5.99. The summed E-state index contributed by atoms with van der Waals surface area (Å²) in [6.07, 6.45) is -1.45. The van der Waals surface area contributed by atoms with Crippen LogP contribution in [0.5, 0.6) is 0 Å². The van der Waals surface area contributed by atoms with Crippen molar-refractivity contribution in [2.75, 3.05) is 13.1 Å². The van der Waals surface area contributed by atoms with Crippen molar-refractivity contribution in [3.8, 4) is 0 Å². The lowest BCUT2D eigenvalue weighted by Gasteiger charge is -2.34. The predicted octanol–water partition coefficient (Wildman–Crippen LogP) is 4.35. The average Bonchev–Trinajstić information content (AvgIpc) is 3.05. The van der Waals surface area contributed by atoms with E-state index in [1.54, 1.807) is 11.6 Å². The van der Waals surface area contributed by atoms with Gasteiger partial charge >= 0.3 is 6.18 Å². The minimum atomic E-state index is -4.42. The monoisotopic (exact) mass is 423 g/mol. The van der Waals surface area contributed by atoms with Gasteiger partial charge in [0.15, 0.2) is 0 Å². The number of aromatic nitrogens is 1. The van der Waals surface area contributed by atoms with Crippen LogP contribution in [0.4, 0.5) is 13.2 Å². The first-order chi connectivity index (χ1) is 14.2. The van der Waals surface area contributed by atoms with Gasteiger partial charge in [0.1, 0.15) is 5.69 Å². The number of rotatable bonds is 5. The van der Waals surface area contributed by atoms with Gasteiger partial charge in [0, 0.05) is 43.0 Å². The second-order valence-electron chi connectivity index (χ2n) is 7.95. The van der Waals surface area contributed by atoms with Gasteiger partial charge in [0.05, 0.1) is 5.56 Å². The molecule has 5 nitrogen and oxygen atoms in total. The largest absolute Gasteiger partial charge is 0.416 e. The number of hydrogen-bond donors (Lipinski definition) is 1. The van der Waals surface area contributed by atoms with Crippen molar-refractivity contribution in [3.05, 3.63) is 35.5 Å². The summed E-state index contributed by atoms with van der Waals surface area (Å²) in [7, 11) is 1.67. The van der Waals surface area contributed by atoms with E-state index in [1.807, 2.05) is 18.7 Å². The van der Waals surface area contributed by atoms with Crippen LogP contribution in [0.15, 0.2) is 24.3 Å². The van der Waals surface area contributed by atoms with Gasteiger partial charge in [-0.25, -0.2) is 0 Å². The van der Waals surface area contributed by atoms with Crippen LogP contribution in [0.25, 0.3) is 10.9 Å². The summed E-state index contributed by atoms with van der Waals surface area (Å²) >= 11 is 0. The van der Waals surface area contributed by atoms with Crippen molar-refractivity contribution in [3.63, 3.8) is 0 Å². The van der Waals surface area contributed by atoms with Gasteiger partial charge in [-0.3, -0.25) is 9.59 Å². The van der Waals surface area contributed by atoms with Crippen LogP contribution in [-0.4, -0.2) is 40.4 Å². The zero-order valence-corrected chi connectivity index (χ0v) is 17.6. The molecule has 1 saturated heterocycles. The molecule has 8 heteroatoms. The van der Waals surface area contributed by atoms with Crippen LogP contribution in [0.3, 0.4) is 0 Å². The standard InChI is InChI=1S/C22H28F3N3O2/c1-4-14(5-2)21(30)28-10-8-17(9-11-28)26-20(29)19-13-15-12-16(22(23,24)25)6-7-18(15)27(19)3/h6-7,12-14,17H,4-5,8-11H2,1-3H3,(H,26,29). The molecular formula is C22H28F3N3O2. The number of hydrogen-bond acceptors (Lipinski definition) is 2. The number of piperidine rings is 1. The molecule has 1 fully saturated rings.